The molecule has 1 aliphatic carbocycles. The molecule has 1 fully saturated rings. The van der Waals surface area contributed by atoms with Crippen molar-refractivity contribution >= 4 is 8.80 Å². The van der Waals surface area contributed by atoms with Crippen LogP contribution in [0.5, 0.6) is 5.75 Å². The maximum absolute atomic E-state index is 5.99. The van der Waals surface area contributed by atoms with Gasteiger partial charge in [-0.05, 0) is 61.1 Å². The number of benzene rings is 1. The Kier molecular flexibility index (Phi) is 9.29. The first-order valence-corrected chi connectivity index (χ1v) is 12.4. The summed E-state index contributed by atoms with van der Waals surface area (Å²) in [7, 11) is 2.42. The van der Waals surface area contributed by atoms with Crippen molar-refractivity contribution < 1.29 is 18.0 Å². The van der Waals surface area contributed by atoms with Crippen LogP contribution in [0.1, 0.15) is 63.9 Å². The monoisotopic (exact) mass is 394 g/mol. The highest BCUT2D eigenvalue weighted by molar-refractivity contribution is 6.60. The second kappa shape index (κ2) is 11.2. The second-order valence-corrected chi connectivity index (χ2v) is 11.0. The molecule has 4 nitrogen and oxygen atoms in total. The molecule has 0 radical (unpaired) electrons. The third-order valence-electron chi connectivity index (χ3n) is 5.96. The lowest BCUT2D eigenvalue weighted by Gasteiger charge is -2.29. The molecular formula is C22H38O4Si. The van der Waals surface area contributed by atoms with Gasteiger partial charge >= 0.3 is 8.80 Å². The fraction of sp³-hybridized carbons (Fsp3) is 0.727. The summed E-state index contributed by atoms with van der Waals surface area (Å²) in [6.07, 6.45) is 8.16. The zero-order valence-corrected chi connectivity index (χ0v) is 18.8. The highest BCUT2D eigenvalue weighted by Crippen LogP contribution is 2.37. The molecule has 0 bridgehead atoms. The van der Waals surface area contributed by atoms with E-state index in [0.717, 1.165) is 23.6 Å². The van der Waals surface area contributed by atoms with Crippen molar-refractivity contribution in [3.05, 3.63) is 29.8 Å². The van der Waals surface area contributed by atoms with Crippen molar-refractivity contribution in [2.24, 2.45) is 11.8 Å². The lowest BCUT2D eigenvalue weighted by Crippen LogP contribution is -2.44. The normalized spacial score (nSPS) is 21.8. The molecule has 0 N–H and O–H groups in total. The van der Waals surface area contributed by atoms with Crippen molar-refractivity contribution in [1.29, 1.82) is 0 Å². The molecular weight excluding hydrogens is 356 g/mol. The lowest BCUT2D eigenvalue weighted by molar-refractivity contribution is 0.114. The van der Waals surface area contributed by atoms with Crippen LogP contribution in [0.4, 0.5) is 0 Å². The van der Waals surface area contributed by atoms with Gasteiger partial charge in [0.15, 0.2) is 0 Å². The summed E-state index contributed by atoms with van der Waals surface area (Å²) in [6, 6.07) is 9.49. The van der Waals surface area contributed by atoms with Crippen LogP contribution in [-0.4, -0.2) is 36.7 Å². The highest BCUT2D eigenvalue weighted by Gasteiger charge is 2.39. The van der Waals surface area contributed by atoms with Gasteiger partial charge in [0.05, 0.1) is 6.61 Å². The predicted molar refractivity (Wildman–Crippen MR) is 112 cm³/mol. The maximum Gasteiger partial charge on any atom is 0.500 e. The smallest absolute Gasteiger partial charge is 0.493 e. The molecule has 5 heteroatoms. The summed E-state index contributed by atoms with van der Waals surface area (Å²) >= 11 is 0. The molecule has 0 heterocycles. The van der Waals surface area contributed by atoms with E-state index in [9.17, 15) is 0 Å². The molecule has 0 spiro atoms. The van der Waals surface area contributed by atoms with E-state index in [0.29, 0.717) is 12.5 Å². The van der Waals surface area contributed by atoms with Crippen molar-refractivity contribution in [3.63, 3.8) is 0 Å². The average Bonchev–Trinajstić information content (AvgIpc) is 2.72. The molecule has 1 saturated carbocycles. The molecule has 1 aromatic rings. The fourth-order valence-corrected chi connectivity index (χ4v) is 6.22. The summed E-state index contributed by atoms with van der Waals surface area (Å²) in [4.78, 5) is 0. The van der Waals surface area contributed by atoms with Gasteiger partial charge < -0.3 is 18.0 Å². The van der Waals surface area contributed by atoms with E-state index < -0.39 is 8.80 Å². The summed E-state index contributed by atoms with van der Waals surface area (Å²) in [6.45, 7) is 5.07. The minimum absolute atomic E-state index is 0.296. The Balaban J connectivity index is 1.80. The van der Waals surface area contributed by atoms with Crippen LogP contribution in [-0.2, 0) is 13.3 Å². The van der Waals surface area contributed by atoms with Gasteiger partial charge in [0, 0.05) is 27.4 Å². The lowest BCUT2D eigenvalue weighted by atomic mass is 9.77. The molecule has 27 heavy (non-hydrogen) atoms. The number of rotatable bonds is 11. The number of ether oxygens (including phenoxy) is 1. The van der Waals surface area contributed by atoms with Gasteiger partial charge in [-0.2, -0.15) is 0 Å². The molecule has 1 aliphatic rings. The molecule has 0 aliphatic heterocycles. The summed E-state index contributed by atoms with van der Waals surface area (Å²) in [5.74, 6) is 2.91. The Morgan fingerprint density at radius 3 is 2.07 bits per heavy atom. The van der Waals surface area contributed by atoms with Gasteiger partial charge in [0.1, 0.15) is 5.75 Å². The van der Waals surface area contributed by atoms with Crippen LogP contribution in [0.2, 0.25) is 6.04 Å². The minimum atomic E-state index is -2.54. The summed E-state index contributed by atoms with van der Waals surface area (Å²) in [5.41, 5.74) is 1.47. The molecule has 0 aromatic heterocycles. The number of hydrogen-bond acceptors (Lipinski definition) is 4. The summed E-state index contributed by atoms with van der Waals surface area (Å²) < 4.78 is 22.5. The van der Waals surface area contributed by atoms with E-state index in [2.05, 4.69) is 38.1 Å². The maximum atomic E-state index is 5.99. The Bertz CT molecular complexity index is 513. The van der Waals surface area contributed by atoms with Gasteiger partial charge in [0.2, 0.25) is 0 Å². The van der Waals surface area contributed by atoms with Crippen LogP contribution in [0.3, 0.4) is 0 Å². The van der Waals surface area contributed by atoms with Crippen LogP contribution >= 0.6 is 0 Å². The van der Waals surface area contributed by atoms with E-state index in [-0.39, 0.29) is 0 Å². The van der Waals surface area contributed by atoms with E-state index >= 15 is 0 Å². The Hall–Kier alpha value is -0.883. The van der Waals surface area contributed by atoms with E-state index in [1.807, 2.05) is 0 Å². The number of hydrogen-bond donors (Lipinski definition) is 0. The van der Waals surface area contributed by atoms with Gasteiger partial charge in [-0.25, -0.2) is 0 Å². The van der Waals surface area contributed by atoms with Crippen LogP contribution in [0, 0.1) is 11.8 Å². The van der Waals surface area contributed by atoms with Crippen LogP contribution in [0.15, 0.2) is 24.3 Å². The van der Waals surface area contributed by atoms with Gasteiger partial charge in [-0.15, -0.1) is 0 Å². The Morgan fingerprint density at radius 2 is 1.56 bits per heavy atom. The van der Waals surface area contributed by atoms with Gasteiger partial charge in [-0.1, -0.05) is 38.8 Å². The Labute approximate surface area is 166 Å². The predicted octanol–water partition coefficient (Wildman–Crippen LogP) is 5.65. The van der Waals surface area contributed by atoms with Crippen molar-refractivity contribution in [1.82, 2.24) is 0 Å². The summed E-state index contributed by atoms with van der Waals surface area (Å²) in [5, 5.41) is 0. The van der Waals surface area contributed by atoms with E-state index in [4.69, 9.17) is 18.0 Å². The Morgan fingerprint density at radius 1 is 0.963 bits per heavy atom. The molecule has 1 atom stereocenters. The third kappa shape index (κ3) is 6.59. The molecule has 1 unspecified atom stereocenters. The highest BCUT2D eigenvalue weighted by atomic mass is 28.4. The average molecular weight is 395 g/mol. The molecule has 154 valence electrons. The van der Waals surface area contributed by atoms with Gasteiger partial charge in [-0.3, -0.25) is 0 Å². The van der Waals surface area contributed by atoms with Gasteiger partial charge in [0.25, 0.3) is 0 Å². The molecule has 2 rings (SSSR count). The van der Waals surface area contributed by atoms with Crippen LogP contribution < -0.4 is 4.74 Å². The first kappa shape index (κ1) is 22.4. The fourth-order valence-electron chi connectivity index (χ4n) is 4.25. The first-order valence-electron chi connectivity index (χ1n) is 10.4. The van der Waals surface area contributed by atoms with Crippen molar-refractivity contribution in [3.8, 4) is 5.75 Å². The molecule has 1 aromatic carbocycles. The largest absolute Gasteiger partial charge is 0.500 e. The molecule has 0 saturated heterocycles. The third-order valence-corrected chi connectivity index (χ3v) is 9.02. The zero-order chi connectivity index (χ0) is 19.7. The van der Waals surface area contributed by atoms with E-state index in [1.165, 1.54) is 44.1 Å². The topological polar surface area (TPSA) is 36.9 Å². The van der Waals surface area contributed by atoms with E-state index in [1.54, 1.807) is 21.3 Å². The standard InChI is InChI=1S/C22H38O4Si/c1-6-7-19-8-10-20(11-9-19)21-12-14-22(15-13-21)26-16-18(2)17-27(23-3,24-4)25-5/h12-15,18-20H,6-11,16-17H2,1-5H3. The quantitative estimate of drug-likeness (QED) is 0.454. The zero-order valence-electron chi connectivity index (χ0n) is 17.8. The van der Waals surface area contributed by atoms with Crippen molar-refractivity contribution in [2.75, 3.05) is 27.9 Å². The molecule has 0 amide bonds. The van der Waals surface area contributed by atoms with Crippen LogP contribution in [0.25, 0.3) is 0 Å². The SMILES string of the molecule is CCCC1CCC(c2ccc(OCC(C)C[Si](OC)(OC)OC)cc2)CC1. The van der Waals surface area contributed by atoms with Crippen molar-refractivity contribution in [2.45, 2.75) is 64.3 Å². The minimum Gasteiger partial charge on any atom is -0.493 e. The second-order valence-electron chi connectivity index (χ2n) is 7.99. The first-order chi connectivity index (χ1) is 13.1.